The van der Waals surface area contributed by atoms with Gasteiger partial charge in [-0.2, -0.15) is 0 Å². The Balaban J connectivity index is 2.17. The fourth-order valence-electron chi connectivity index (χ4n) is 4.10. The molecule has 16 nitrogen and oxygen atoms in total. The third kappa shape index (κ3) is 4.33. The molecular weight excluding hydrogens is 822 g/mol. The number of halogens is 2. The molecule has 0 atom stereocenters. The fourth-order valence-corrected chi connectivity index (χ4v) is 28.0. The Morgan fingerprint density at radius 2 is 0.605 bits per heavy atom. The summed E-state index contributed by atoms with van der Waals surface area (Å²) in [4.78, 5) is 52.3. The van der Waals surface area contributed by atoms with Gasteiger partial charge in [0, 0.05) is 0 Å². The maximum atomic E-state index is 14.0. The van der Waals surface area contributed by atoms with Gasteiger partial charge in [0.2, 0.25) is 0 Å². The van der Waals surface area contributed by atoms with Crippen molar-refractivity contribution in [2.24, 2.45) is 0 Å². The Kier molecular flexibility index (Phi) is 8.22. The van der Waals surface area contributed by atoms with Crippen molar-refractivity contribution in [2.45, 2.75) is 0 Å². The van der Waals surface area contributed by atoms with Crippen molar-refractivity contribution in [3.8, 4) is 0 Å². The first-order chi connectivity index (χ1) is 20.3. The van der Waals surface area contributed by atoms with Crippen molar-refractivity contribution in [1.29, 1.82) is 0 Å². The van der Waals surface area contributed by atoms with Gasteiger partial charge in [-0.1, -0.05) is 0 Å². The van der Waals surface area contributed by atoms with Crippen LogP contribution in [0.15, 0.2) is 121 Å². The summed E-state index contributed by atoms with van der Waals surface area (Å²) in [6.07, 6.45) is 0. The average molecular weight is 842 g/mol. The maximum absolute atomic E-state index is 14.0. The molecule has 0 radical (unpaired) electrons. The Labute approximate surface area is 247 Å². The molecule has 0 aliphatic rings. The third-order valence-corrected chi connectivity index (χ3v) is 31.1. The second kappa shape index (κ2) is 11.1. The quantitative estimate of drug-likeness (QED) is 0.0747. The number of nitrogens with zero attached hydrogens (tertiary/aromatic N) is 4. The Hall–Kier alpha value is -4.19. The van der Waals surface area contributed by atoms with Gasteiger partial charge in [-0.3, -0.25) is 0 Å². The molecule has 0 saturated carbocycles. The molecule has 0 saturated heterocycles. The van der Waals surface area contributed by atoms with E-state index in [-0.39, 0.29) is 0 Å². The molecule has 0 N–H and O–H groups in total. The molecule has 43 heavy (non-hydrogen) atoms. The summed E-state index contributed by atoms with van der Waals surface area (Å²) in [7, 11) is -6.39. The van der Waals surface area contributed by atoms with Crippen molar-refractivity contribution < 1.29 is 26.0 Å². The fraction of sp³-hybridized carbons (Fsp3) is 0. The summed E-state index contributed by atoms with van der Waals surface area (Å²) >= 11 is -15.9. The van der Waals surface area contributed by atoms with Crippen molar-refractivity contribution in [3.05, 3.63) is 176 Å². The van der Waals surface area contributed by atoms with E-state index in [1.165, 1.54) is 24.3 Å². The molecule has 0 amide bonds. The van der Waals surface area contributed by atoms with E-state index in [0.717, 1.165) is 97.1 Å². The molecule has 4 aromatic carbocycles. The predicted octanol–water partition coefficient (Wildman–Crippen LogP) is 5.50. The third-order valence-electron chi connectivity index (χ3n) is 5.92. The van der Waals surface area contributed by atoms with E-state index < -0.39 is 73.2 Å². The summed E-state index contributed by atoms with van der Waals surface area (Å²) in [5.41, 5.74) is 0. The SMILES string of the molecule is O=[N+]([O-])I(OS(=O)(=O)OI(c1ccccc1)(c1ccccc1)([N+](=O)[O-])[N+](=O)[O-])(c1ccccc1)(c1ccccc1)[N+](=O)[O-]. The van der Waals surface area contributed by atoms with Crippen LogP contribution in [0.3, 0.4) is 0 Å². The van der Waals surface area contributed by atoms with Crippen LogP contribution in [0.1, 0.15) is 0 Å². The number of nitro groups is 4. The summed E-state index contributed by atoms with van der Waals surface area (Å²) in [6, 6.07) is 21.9. The molecule has 4 rings (SSSR count). The van der Waals surface area contributed by atoms with E-state index in [0.29, 0.717) is 0 Å². The van der Waals surface area contributed by atoms with Gasteiger partial charge in [-0.15, -0.1) is 0 Å². The Bertz CT molecular complexity index is 1590. The van der Waals surface area contributed by atoms with E-state index in [1.807, 2.05) is 0 Å². The van der Waals surface area contributed by atoms with E-state index >= 15 is 0 Å². The van der Waals surface area contributed by atoms with Gasteiger partial charge in [0.25, 0.3) is 0 Å². The van der Waals surface area contributed by atoms with Crippen LogP contribution in [-0.2, 0) is 15.4 Å². The zero-order valence-corrected chi connectivity index (χ0v) is 26.5. The van der Waals surface area contributed by atoms with Crippen LogP contribution in [-0.4, -0.2) is 21.0 Å². The van der Waals surface area contributed by atoms with Crippen molar-refractivity contribution in [1.82, 2.24) is 0 Å². The monoisotopic (exact) mass is 842 g/mol. The van der Waals surface area contributed by atoms with Crippen LogP contribution in [0.4, 0.5) is 0 Å². The Morgan fingerprint density at radius 3 is 0.767 bits per heavy atom. The van der Waals surface area contributed by atoms with Gasteiger partial charge >= 0.3 is 248 Å². The summed E-state index contributed by atoms with van der Waals surface area (Å²) in [5.74, 6) is 0. The number of hydrogen-bond acceptors (Lipinski definition) is 12. The van der Waals surface area contributed by atoms with E-state index in [2.05, 4.69) is 0 Å². The van der Waals surface area contributed by atoms with Gasteiger partial charge in [0.1, 0.15) is 0 Å². The van der Waals surface area contributed by atoms with Gasteiger partial charge in [0.05, 0.1) is 0 Å². The molecule has 0 aromatic heterocycles. The van der Waals surface area contributed by atoms with Gasteiger partial charge in [0.15, 0.2) is 0 Å². The van der Waals surface area contributed by atoms with E-state index in [1.54, 1.807) is 0 Å². The molecule has 0 spiro atoms. The molecule has 19 heteroatoms. The van der Waals surface area contributed by atoms with Crippen LogP contribution < -0.4 is 0 Å². The van der Waals surface area contributed by atoms with Crippen molar-refractivity contribution >= 4 is 46.4 Å². The molecule has 0 bridgehead atoms. The molecule has 0 aliphatic heterocycles. The van der Waals surface area contributed by atoms with Crippen LogP contribution in [0.25, 0.3) is 0 Å². The van der Waals surface area contributed by atoms with Gasteiger partial charge in [-0.05, 0) is 0 Å². The number of hydrogen-bond donors (Lipinski definition) is 0. The molecule has 0 heterocycles. The summed E-state index contributed by atoms with van der Waals surface area (Å²) in [5, 5.41) is 52.3. The summed E-state index contributed by atoms with van der Waals surface area (Å²) < 4.78 is 29.2. The van der Waals surface area contributed by atoms with Crippen molar-refractivity contribution in [2.75, 3.05) is 0 Å². The average Bonchev–Trinajstić information content (AvgIpc) is 3.00. The van der Waals surface area contributed by atoms with Crippen LogP contribution in [0.2, 0.25) is 0 Å². The molecule has 228 valence electrons. The summed E-state index contributed by atoms with van der Waals surface area (Å²) in [6.45, 7) is 0. The molecule has 0 fully saturated rings. The second-order valence-corrected chi connectivity index (χ2v) is 28.7. The minimum absolute atomic E-state index is 0.782. The van der Waals surface area contributed by atoms with Gasteiger partial charge < -0.3 is 0 Å². The zero-order chi connectivity index (χ0) is 31.6. The molecular formula is C24H20I2N4O12S. The number of rotatable bonds is 12. The Morgan fingerprint density at radius 1 is 0.419 bits per heavy atom. The standard InChI is InChI=1S/C24H20I2N4O12S/c31-27(32)25(28(33)34,21-13-5-1-6-14-21,22-15-7-2-8-16-22)41-43(39,40)42-26(29(35)36,30(37)38,23-17-9-3-10-18-23)24-19-11-4-12-20-24/h1-20H. The first kappa shape index (κ1) is 31.7. The van der Waals surface area contributed by atoms with Crippen LogP contribution >= 0.6 is 36.0 Å². The van der Waals surface area contributed by atoms with Crippen LogP contribution in [0, 0.1) is 54.7 Å². The van der Waals surface area contributed by atoms with E-state index in [9.17, 15) is 48.9 Å². The van der Waals surface area contributed by atoms with Crippen molar-refractivity contribution in [3.63, 3.8) is 0 Å². The van der Waals surface area contributed by atoms with Crippen LogP contribution in [0.5, 0.6) is 0 Å². The zero-order valence-electron chi connectivity index (χ0n) is 21.4. The second-order valence-electron chi connectivity index (χ2n) is 8.17. The van der Waals surface area contributed by atoms with Gasteiger partial charge in [-0.25, -0.2) is 0 Å². The predicted molar refractivity (Wildman–Crippen MR) is 168 cm³/mol. The first-order valence-corrected chi connectivity index (χ1v) is 22.8. The molecule has 0 aliphatic carbocycles. The minimum atomic E-state index is -7.93. The van der Waals surface area contributed by atoms with E-state index in [4.69, 9.17) is 5.03 Å². The first-order valence-electron chi connectivity index (χ1n) is 11.5. The topological polar surface area (TPSA) is 225 Å². The normalized spacial score (nSPS) is 13.9. The molecule has 4 aromatic rings. The number of benzene rings is 4. The molecule has 0 unspecified atom stereocenters.